The van der Waals surface area contributed by atoms with E-state index in [1.807, 2.05) is 30.4 Å². The summed E-state index contributed by atoms with van der Waals surface area (Å²) in [5.41, 5.74) is 8.04. The van der Waals surface area contributed by atoms with Gasteiger partial charge in [-0.2, -0.15) is 0 Å². The van der Waals surface area contributed by atoms with Crippen LogP contribution in [-0.4, -0.2) is 0 Å². The summed E-state index contributed by atoms with van der Waals surface area (Å²) in [4.78, 5) is 0. The van der Waals surface area contributed by atoms with Gasteiger partial charge in [0.15, 0.2) is 0 Å². The van der Waals surface area contributed by atoms with Crippen molar-refractivity contribution in [3.63, 3.8) is 0 Å². The van der Waals surface area contributed by atoms with Crippen LogP contribution in [0.1, 0.15) is 34.6 Å². The van der Waals surface area contributed by atoms with Crippen LogP contribution in [0.2, 0.25) is 0 Å². The monoisotopic (exact) mass is 306 g/mol. The smallest absolute Gasteiger partial charge is 0.0155 e. The van der Waals surface area contributed by atoms with Gasteiger partial charge in [-0.05, 0) is 68.1 Å². The van der Waals surface area contributed by atoms with Crippen molar-refractivity contribution in [3.05, 3.63) is 108 Å². The molecule has 0 saturated heterocycles. The van der Waals surface area contributed by atoms with E-state index in [9.17, 15) is 0 Å². The Kier molecular flexibility index (Phi) is 9.34. The molecule has 0 bridgehead atoms. The lowest BCUT2D eigenvalue weighted by Gasteiger charge is -2.14. The zero-order valence-electron chi connectivity index (χ0n) is 15.4. The molecule has 0 aromatic carbocycles. The first kappa shape index (κ1) is 20.7. The summed E-state index contributed by atoms with van der Waals surface area (Å²) in [7, 11) is 0. The SMILES string of the molecule is C=C\C=C/C(C)=C(C=C)/C(C=C)=C(C)/C(C)=C(\C=C)C=C(C)C. The van der Waals surface area contributed by atoms with Gasteiger partial charge < -0.3 is 0 Å². The van der Waals surface area contributed by atoms with Crippen molar-refractivity contribution in [2.24, 2.45) is 0 Å². The van der Waals surface area contributed by atoms with Crippen LogP contribution in [0.25, 0.3) is 0 Å². The third-order valence-corrected chi connectivity index (χ3v) is 3.67. The zero-order chi connectivity index (χ0) is 18.0. The van der Waals surface area contributed by atoms with Gasteiger partial charge in [0.05, 0.1) is 0 Å². The highest BCUT2D eigenvalue weighted by atomic mass is 14.1. The van der Waals surface area contributed by atoms with E-state index in [-0.39, 0.29) is 0 Å². The van der Waals surface area contributed by atoms with Crippen molar-refractivity contribution in [1.29, 1.82) is 0 Å². The van der Waals surface area contributed by atoms with Gasteiger partial charge in [-0.15, -0.1) is 0 Å². The van der Waals surface area contributed by atoms with E-state index in [4.69, 9.17) is 0 Å². The third-order valence-electron chi connectivity index (χ3n) is 3.67. The first-order chi connectivity index (χ1) is 10.8. The number of rotatable bonds is 8. The van der Waals surface area contributed by atoms with Crippen molar-refractivity contribution >= 4 is 0 Å². The molecule has 0 aliphatic carbocycles. The average molecular weight is 306 g/mol. The number of hydrogen-bond acceptors (Lipinski definition) is 0. The molecule has 0 atom stereocenters. The Bertz CT molecular complexity index is 634. The molecule has 23 heavy (non-hydrogen) atoms. The van der Waals surface area contributed by atoms with Crippen molar-refractivity contribution in [2.75, 3.05) is 0 Å². The van der Waals surface area contributed by atoms with Crippen LogP contribution < -0.4 is 0 Å². The van der Waals surface area contributed by atoms with Crippen LogP contribution in [-0.2, 0) is 0 Å². The summed E-state index contributed by atoms with van der Waals surface area (Å²) in [6.07, 6.45) is 13.5. The lowest BCUT2D eigenvalue weighted by molar-refractivity contribution is 1.25. The maximum atomic E-state index is 3.99. The Morgan fingerprint density at radius 3 is 1.65 bits per heavy atom. The van der Waals surface area contributed by atoms with Gasteiger partial charge in [0.25, 0.3) is 0 Å². The van der Waals surface area contributed by atoms with Crippen molar-refractivity contribution in [3.8, 4) is 0 Å². The van der Waals surface area contributed by atoms with E-state index in [1.54, 1.807) is 6.08 Å². The predicted molar refractivity (Wildman–Crippen MR) is 107 cm³/mol. The summed E-state index contributed by atoms with van der Waals surface area (Å²) in [5.74, 6) is 0. The molecule has 0 heterocycles. The molecule has 0 nitrogen and oxygen atoms in total. The molecule has 122 valence electrons. The molecule has 0 heteroatoms. The fourth-order valence-electron chi connectivity index (χ4n) is 2.30. The lowest BCUT2D eigenvalue weighted by atomic mass is 9.90. The lowest BCUT2D eigenvalue weighted by Crippen LogP contribution is -1.95. The second-order valence-electron chi connectivity index (χ2n) is 5.64. The van der Waals surface area contributed by atoms with Gasteiger partial charge in [-0.25, -0.2) is 0 Å². The third kappa shape index (κ3) is 6.12. The molecule has 0 aromatic heterocycles. The molecule has 0 unspecified atom stereocenters. The van der Waals surface area contributed by atoms with E-state index < -0.39 is 0 Å². The molecule has 0 rings (SSSR count). The van der Waals surface area contributed by atoms with Crippen LogP contribution in [0.3, 0.4) is 0 Å². The van der Waals surface area contributed by atoms with Crippen LogP contribution in [0, 0.1) is 0 Å². The Hall–Kier alpha value is -2.34. The van der Waals surface area contributed by atoms with Crippen LogP contribution in [0.15, 0.2) is 108 Å². The highest BCUT2D eigenvalue weighted by Gasteiger charge is 2.08. The number of hydrogen-bond donors (Lipinski definition) is 0. The first-order valence-electron chi connectivity index (χ1n) is 7.78. The second kappa shape index (κ2) is 10.4. The largest absolute Gasteiger partial charge is 0.0991 e. The fourth-order valence-corrected chi connectivity index (χ4v) is 2.30. The topological polar surface area (TPSA) is 0 Å². The van der Waals surface area contributed by atoms with Crippen molar-refractivity contribution < 1.29 is 0 Å². The van der Waals surface area contributed by atoms with Crippen molar-refractivity contribution in [2.45, 2.75) is 34.6 Å². The van der Waals surface area contributed by atoms with Gasteiger partial charge in [-0.1, -0.05) is 74.4 Å². The minimum absolute atomic E-state index is 1.08. The Balaban J connectivity index is 6.46. The Labute approximate surface area is 143 Å². The molecule has 0 aliphatic rings. The van der Waals surface area contributed by atoms with Crippen molar-refractivity contribution in [1.82, 2.24) is 0 Å². The van der Waals surface area contributed by atoms with E-state index in [1.165, 1.54) is 16.7 Å². The predicted octanol–water partition coefficient (Wildman–Crippen LogP) is 7.20. The van der Waals surface area contributed by atoms with Gasteiger partial charge in [0, 0.05) is 0 Å². The highest BCUT2D eigenvalue weighted by Crippen LogP contribution is 2.27. The molecule has 0 radical (unpaired) electrons. The van der Waals surface area contributed by atoms with E-state index >= 15 is 0 Å². The maximum Gasteiger partial charge on any atom is -0.0155 e. The van der Waals surface area contributed by atoms with Gasteiger partial charge in [0.2, 0.25) is 0 Å². The molecule has 0 aromatic rings. The van der Waals surface area contributed by atoms with Crippen LogP contribution in [0.4, 0.5) is 0 Å². The van der Waals surface area contributed by atoms with E-state index in [2.05, 4.69) is 67.0 Å². The molecule has 0 saturated carbocycles. The number of allylic oxidation sites excluding steroid dienone is 14. The van der Waals surface area contributed by atoms with Gasteiger partial charge in [0.1, 0.15) is 0 Å². The maximum absolute atomic E-state index is 3.99. The van der Waals surface area contributed by atoms with E-state index in [0.717, 1.165) is 22.3 Å². The first-order valence-corrected chi connectivity index (χ1v) is 7.78. The zero-order valence-corrected chi connectivity index (χ0v) is 15.4. The normalized spacial score (nSPS) is 14.3. The van der Waals surface area contributed by atoms with Crippen LogP contribution >= 0.6 is 0 Å². The second-order valence-corrected chi connectivity index (χ2v) is 5.64. The molecular weight excluding hydrogens is 276 g/mol. The van der Waals surface area contributed by atoms with E-state index in [0.29, 0.717) is 0 Å². The molecule has 0 aliphatic heterocycles. The summed E-state index contributed by atoms with van der Waals surface area (Å²) in [6, 6.07) is 0. The molecule has 0 spiro atoms. The Morgan fingerprint density at radius 1 is 0.696 bits per heavy atom. The van der Waals surface area contributed by atoms with Gasteiger partial charge >= 0.3 is 0 Å². The molecular formula is C23H30. The molecule has 0 fully saturated rings. The molecule has 0 N–H and O–H groups in total. The summed E-state index contributed by atoms with van der Waals surface area (Å²) in [5, 5.41) is 0. The summed E-state index contributed by atoms with van der Waals surface area (Å²) < 4.78 is 0. The molecule has 0 amide bonds. The van der Waals surface area contributed by atoms with Gasteiger partial charge in [-0.3, -0.25) is 0 Å². The minimum Gasteiger partial charge on any atom is -0.0991 e. The minimum atomic E-state index is 1.08. The quantitative estimate of drug-likeness (QED) is 0.416. The average Bonchev–Trinajstić information content (AvgIpc) is 2.53. The summed E-state index contributed by atoms with van der Waals surface area (Å²) in [6.45, 7) is 26.1. The van der Waals surface area contributed by atoms with Crippen LogP contribution in [0.5, 0.6) is 0 Å². The summed E-state index contributed by atoms with van der Waals surface area (Å²) >= 11 is 0. The standard InChI is InChI=1S/C23H30/c1-10-14-15-18(7)22(12-3)23(13-4)20(9)19(8)21(11-2)16-17(5)6/h10-16H,1-4H2,5-9H3/b15-14-,21-19+,22-18+,23-20+. The Morgan fingerprint density at radius 2 is 1.26 bits per heavy atom. The highest BCUT2D eigenvalue weighted by molar-refractivity contribution is 5.58. The fraction of sp³-hybridized carbons (Fsp3) is 0.217.